The summed E-state index contributed by atoms with van der Waals surface area (Å²) in [5, 5.41) is 5.98. The van der Waals surface area contributed by atoms with Gasteiger partial charge in [-0.1, -0.05) is 13.8 Å². The van der Waals surface area contributed by atoms with E-state index in [4.69, 9.17) is 4.74 Å². The van der Waals surface area contributed by atoms with Crippen molar-refractivity contribution >= 4 is 34.1 Å². The van der Waals surface area contributed by atoms with Gasteiger partial charge in [-0.05, 0) is 25.8 Å². The fourth-order valence-corrected chi connectivity index (χ4v) is 3.09. The SMILES string of the molecule is CC(C)CSc1cc(C(=O)Nc2nccs2)cc(OC(C)C)n1. The highest BCUT2D eigenvalue weighted by Crippen LogP contribution is 2.24. The van der Waals surface area contributed by atoms with E-state index in [0.717, 1.165) is 10.8 Å². The number of hydrogen-bond donors (Lipinski definition) is 1. The van der Waals surface area contributed by atoms with Crippen LogP contribution in [-0.2, 0) is 0 Å². The molecule has 0 bridgehead atoms. The molecule has 0 saturated heterocycles. The van der Waals surface area contributed by atoms with Crippen LogP contribution in [0.3, 0.4) is 0 Å². The summed E-state index contributed by atoms with van der Waals surface area (Å²) in [6.07, 6.45) is 1.66. The molecule has 23 heavy (non-hydrogen) atoms. The predicted molar refractivity (Wildman–Crippen MR) is 95.6 cm³/mol. The molecule has 1 N–H and O–H groups in total. The predicted octanol–water partition coefficient (Wildman–Crippen LogP) is 4.33. The molecular formula is C16H21N3O2S2. The average molecular weight is 351 g/mol. The molecule has 5 nitrogen and oxygen atoms in total. The third-order valence-electron chi connectivity index (χ3n) is 2.61. The van der Waals surface area contributed by atoms with E-state index in [0.29, 0.717) is 22.5 Å². The molecule has 0 aromatic carbocycles. The highest BCUT2D eigenvalue weighted by atomic mass is 32.2. The van der Waals surface area contributed by atoms with E-state index in [1.807, 2.05) is 19.2 Å². The molecular weight excluding hydrogens is 330 g/mol. The Balaban J connectivity index is 2.21. The first kappa shape index (κ1) is 17.7. The van der Waals surface area contributed by atoms with Gasteiger partial charge in [-0.2, -0.15) is 0 Å². The lowest BCUT2D eigenvalue weighted by molar-refractivity contribution is 0.102. The fraction of sp³-hybridized carbons (Fsp3) is 0.438. The summed E-state index contributed by atoms with van der Waals surface area (Å²) in [6.45, 7) is 8.17. The van der Waals surface area contributed by atoms with Crippen LogP contribution in [0.5, 0.6) is 5.88 Å². The summed E-state index contributed by atoms with van der Waals surface area (Å²) < 4.78 is 5.67. The Morgan fingerprint density at radius 2 is 2.13 bits per heavy atom. The van der Waals surface area contributed by atoms with Crippen LogP contribution in [0, 0.1) is 5.92 Å². The average Bonchev–Trinajstić information content (AvgIpc) is 2.97. The van der Waals surface area contributed by atoms with Crippen molar-refractivity contribution in [2.75, 3.05) is 11.1 Å². The number of carbonyl (C=O) groups is 1. The topological polar surface area (TPSA) is 64.1 Å². The lowest BCUT2D eigenvalue weighted by atomic mass is 10.2. The van der Waals surface area contributed by atoms with Gasteiger partial charge < -0.3 is 4.74 Å². The van der Waals surface area contributed by atoms with Crippen molar-refractivity contribution in [1.82, 2.24) is 9.97 Å². The second kappa shape index (κ2) is 8.31. The number of nitrogens with zero attached hydrogens (tertiary/aromatic N) is 2. The summed E-state index contributed by atoms with van der Waals surface area (Å²) >= 11 is 3.01. The Labute approximate surface area is 144 Å². The molecule has 0 radical (unpaired) electrons. The largest absolute Gasteiger partial charge is 0.475 e. The zero-order valence-electron chi connectivity index (χ0n) is 13.7. The molecule has 2 rings (SSSR count). The molecule has 2 aromatic rings. The number of pyridine rings is 1. The van der Waals surface area contributed by atoms with Gasteiger partial charge >= 0.3 is 0 Å². The van der Waals surface area contributed by atoms with Crippen molar-refractivity contribution in [1.29, 1.82) is 0 Å². The maximum Gasteiger partial charge on any atom is 0.257 e. The van der Waals surface area contributed by atoms with E-state index in [2.05, 4.69) is 29.1 Å². The van der Waals surface area contributed by atoms with E-state index in [-0.39, 0.29) is 12.0 Å². The molecule has 0 atom stereocenters. The highest BCUT2D eigenvalue weighted by molar-refractivity contribution is 7.99. The van der Waals surface area contributed by atoms with Crippen LogP contribution in [0.15, 0.2) is 28.7 Å². The van der Waals surface area contributed by atoms with Crippen LogP contribution in [0.1, 0.15) is 38.1 Å². The first-order valence-electron chi connectivity index (χ1n) is 7.46. The van der Waals surface area contributed by atoms with E-state index in [1.54, 1.807) is 30.1 Å². The second-order valence-electron chi connectivity index (χ2n) is 5.70. The number of ether oxygens (including phenoxy) is 1. The van der Waals surface area contributed by atoms with Gasteiger partial charge in [0.05, 0.1) is 6.10 Å². The molecule has 7 heteroatoms. The van der Waals surface area contributed by atoms with Gasteiger partial charge in [-0.15, -0.1) is 23.1 Å². The number of thioether (sulfide) groups is 1. The molecule has 1 amide bonds. The minimum absolute atomic E-state index is 0.00252. The lowest BCUT2D eigenvalue weighted by Crippen LogP contribution is -2.14. The van der Waals surface area contributed by atoms with Crippen LogP contribution in [0.4, 0.5) is 5.13 Å². The van der Waals surface area contributed by atoms with Crippen molar-refractivity contribution in [3.8, 4) is 5.88 Å². The molecule has 0 spiro atoms. The van der Waals surface area contributed by atoms with E-state index in [9.17, 15) is 4.79 Å². The normalized spacial score (nSPS) is 11.0. The standard InChI is InChI=1S/C16H21N3O2S2/c1-10(2)9-23-14-8-12(7-13(18-14)21-11(3)4)15(20)19-16-17-5-6-22-16/h5-8,10-11H,9H2,1-4H3,(H,17,19,20). The number of amides is 1. The molecule has 0 aliphatic rings. The summed E-state index contributed by atoms with van der Waals surface area (Å²) in [4.78, 5) is 20.9. The summed E-state index contributed by atoms with van der Waals surface area (Å²) in [5.74, 6) is 1.75. The molecule has 2 aromatic heterocycles. The molecule has 2 heterocycles. The van der Waals surface area contributed by atoms with E-state index < -0.39 is 0 Å². The van der Waals surface area contributed by atoms with Gasteiger partial charge in [0.2, 0.25) is 5.88 Å². The monoisotopic (exact) mass is 351 g/mol. The number of nitrogens with one attached hydrogen (secondary N) is 1. The number of hydrogen-bond acceptors (Lipinski definition) is 6. The Morgan fingerprint density at radius 1 is 1.35 bits per heavy atom. The molecule has 0 unspecified atom stereocenters. The van der Waals surface area contributed by atoms with Crippen molar-refractivity contribution in [2.45, 2.75) is 38.8 Å². The number of carbonyl (C=O) groups excluding carboxylic acids is 1. The third kappa shape index (κ3) is 5.84. The number of anilines is 1. The molecule has 0 aliphatic carbocycles. The number of aromatic nitrogens is 2. The van der Waals surface area contributed by atoms with Crippen LogP contribution in [-0.4, -0.2) is 27.7 Å². The van der Waals surface area contributed by atoms with Gasteiger partial charge in [0.15, 0.2) is 5.13 Å². The van der Waals surface area contributed by atoms with Gasteiger partial charge in [0.25, 0.3) is 5.91 Å². The Morgan fingerprint density at radius 3 is 2.74 bits per heavy atom. The van der Waals surface area contributed by atoms with E-state index in [1.165, 1.54) is 11.3 Å². The maximum absolute atomic E-state index is 12.4. The molecule has 0 aliphatic heterocycles. The minimum atomic E-state index is -0.206. The highest BCUT2D eigenvalue weighted by Gasteiger charge is 2.13. The summed E-state index contributed by atoms with van der Waals surface area (Å²) in [5.41, 5.74) is 0.525. The summed E-state index contributed by atoms with van der Waals surface area (Å²) in [6, 6.07) is 3.46. The van der Waals surface area contributed by atoms with E-state index >= 15 is 0 Å². The lowest BCUT2D eigenvalue weighted by Gasteiger charge is -2.12. The van der Waals surface area contributed by atoms with Gasteiger partial charge in [0, 0.05) is 29.0 Å². The van der Waals surface area contributed by atoms with Crippen molar-refractivity contribution in [3.05, 3.63) is 29.3 Å². The molecule has 0 saturated carbocycles. The van der Waals surface area contributed by atoms with Crippen molar-refractivity contribution in [2.24, 2.45) is 5.92 Å². The number of rotatable bonds is 7. The molecule has 124 valence electrons. The van der Waals surface area contributed by atoms with Gasteiger partial charge in [-0.3, -0.25) is 10.1 Å². The minimum Gasteiger partial charge on any atom is -0.475 e. The Hall–Kier alpha value is -1.60. The fourth-order valence-electron chi connectivity index (χ4n) is 1.69. The zero-order valence-corrected chi connectivity index (χ0v) is 15.3. The molecule has 0 fully saturated rings. The maximum atomic E-state index is 12.4. The third-order valence-corrected chi connectivity index (χ3v) is 4.64. The Kier molecular flexibility index (Phi) is 6.41. The zero-order chi connectivity index (χ0) is 16.8. The van der Waals surface area contributed by atoms with Gasteiger partial charge in [0.1, 0.15) is 5.03 Å². The summed E-state index contributed by atoms with van der Waals surface area (Å²) in [7, 11) is 0. The van der Waals surface area contributed by atoms with Crippen LogP contribution >= 0.6 is 23.1 Å². The Bertz CT molecular complexity index is 643. The smallest absolute Gasteiger partial charge is 0.257 e. The second-order valence-corrected chi connectivity index (χ2v) is 7.63. The number of thiazole rings is 1. The van der Waals surface area contributed by atoms with Crippen molar-refractivity contribution in [3.63, 3.8) is 0 Å². The van der Waals surface area contributed by atoms with Crippen molar-refractivity contribution < 1.29 is 9.53 Å². The first-order chi connectivity index (χ1) is 10.9. The van der Waals surface area contributed by atoms with Crippen LogP contribution in [0.25, 0.3) is 0 Å². The quantitative estimate of drug-likeness (QED) is 0.752. The van der Waals surface area contributed by atoms with Crippen LogP contribution < -0.4 is 10.1 Å². The van der Waals surface area contributed by atoms with Crippen LogP contribution in [0.2, 0.25) is 0 Å². The van der Waals surface area contributed by atoms with Gasteiger partial charge in [-0.25, -0.2) is 9.97 Å². The first-order valence-corrected chi connectivity index (χ1v) is 9.33.